The van der Waals surface area contributed by atoms with Gasteiger partial charge in [0, 0.05) is 5.02 Å². The number of carbonyl (C=O) groups excluding carboxylic acids is 1. The molecule has 0 aliphatic heterocycles. The molecule has 2 aromatic rings. The van der Waals surface area contributed by atoms with E-state index in [1.165, 1.54) is 0 Å². The molecule has 2 aromatic carbocycles. The average Bonchev–Trinajstić information content (AvgIpc) is 2.59. The van der Waals surface area contributed by atoms with Crippen LogP contribution in [0.4, 0.5) is 5.69 Å². The molecule has 2 rings (SSSR count). The lowest BCUT2D eigenvalue weighted by atomic mass is 9.97. The van der Waals surface area contributed by atoms with Crippen molar-refractivity contribution in [2.75, 3.05) is 17.1 Å². The molecule has 0 heterocycles. The summed E-state index contributed by atoms with van der Waals surface area (Å²) in [4.78, 5) is 12.8. The molecule has 7 heteroatoms. The van der Waals surface area contributed by atoms with E-state index in [1.807, 2.05) is 30.3 Å². The first-order chi connectivity index (χ1) is 13.1. The minimum absolute atomic E-state index is 0.179. The number of sulfonamides is 1. The second-order valence-corrected chi connectivity index (χ2v) is 9.70. The molecule has 0 aliphatic rings. The lowest BCUT2D eigenvalue weighted by molar-refractivity contribution is -0.120. The highest BCUT2D eigenvalue weighted by atomic mass is 35.5. The molecule has 0 unspecified atom stereocenters. The van der Waals surface area contributed by atoms with E-state index in [2.05, 4.69) is 19.2 Å². The average molecular weight is 423 g/mol. The highest BCUT2D eigenvalue weighted by Crippen LogP contribution is 2.26. The van der Waals surface area contributed by atoms with Gasteiger partial charge in [-0.3, -0.25) is 9.10 Å². The van der Waals surface area contributed by atoms with Gasteiger partial charge in [-0.25, -0.2) is 8.42 Å². The number of anilines is 1. The third-order valence-electron chi connectivity index (χ3n) is 4.36. The maximum absolute atomic E-state index is 12.8. The Hall–Kier alpha value is -2.05. The molecular formula is C21H27ClN2O3S. The van der Waals surface area contributed by atoms with Crippen molar-refractivity contribution in [2.45, 2.75) is 33.2 Å². The summed E-state index contributed by atoms with van der Waals surface area (Å²) in [5.41, 5.74) is 2.13. The summed E-state index contributed by atoms with van der Waals surface area (Å²) in [5.74, 6) is 0.0179. The lowest BCUT2D eigenvalue weighted by Gasteiger charge is -2.26. The number of hydrogen-bond acceptors (Lipinski definition) is 3. The van der Waals surface area contributed by atoms with Gasteiger partial charge in [0.1, 0.15) is 6.54 Å². The Morgan fingerprint density at radius 1 is 1.14 bits per heavy atom. The molecule has 1 N–H and O–H groups in total. The van der Waals surface area contributed by atoms with Crippen LogP contribution in [0.1, 0.15) is 37.4 Å². The smallest absolute Gasteiger partial charge is 0.241 e. The molecule has 0 radical (unpaired) electrons. The third-order valence-corrected chi connectivity index (χ3v) is 5.72. The van der Waals surface area contributed by atoms with E-state index in [0.717, 1.165) is 22.5 Å². The van der Waals surface area contributed by atoms with Crippen molar-refractivity contribution in [3.8, 4) is 0 Å². The van der Waals surface area contributed by atoms with Crippen LogP contribution in [0.2, 0.25) is 5.02 Å². The predicted molar refractivity (Wildman–Crippen MR) is 115 cm³/mol. The van der Waals surface area contributed by atoms with Gasteiger partial charge in [0.15, 0.2) is 0 Å². The maximum Gasteiger partial charge on any atom is 0.241 e. The van der Waals surface area contributed by atoms with Crippen LogP contribution >= 0.6 is 11.6 Å². The molecule has 0 aromatic heterocycles. The Balaban J connectivity index is 2.25. The van der Waals surface area contributed by atoms with Crippen LogP contribution in [0.5, 0.6) is 0 Å². The molecule has 0 saturated heterocycles. The lowest BCUT2D eigenvalue weighted by Crippen LogP contribution is -2.42. The quantitative estimate of drug-likeness (QED) is 0.688. The van der Waals surface area contributed by atoms with Crippen molar-refractivity contribution < 1.29 is 13.2 Å². The molecule has 1 atom stereocenters. The number of halogens is 1. The van der Waals surface area contributed by atoms with Gasteiger partial charge in [0.25, 0.3) is 0 Å². The van der Waals surface area contributed by atoms with Crippen LogP contribution in [0.15, 0.2) is 48.5 Å². The number of nitrogens with zero attached hydrogens (tertiary/aromatic N) is 1. The fourth-order valence-electron chi connectivity index (χ4n) is 3.09. The van der Waals surface area contributed by atoms with Crippen LogP contribution in [-0.2, 0) is 14.8 Å². The Morgan fingerprint density at radius 3 is 2.32 bits per heavy atom. The summed E-state index contributed by atoms with van der Waals surface area (Å²) in [6.45, 7) is 5.65. The zero-order valence-electron chi connectivity index (χ0n) is 16.6. The number of benzene rings is 2. The molecular weight excluding hydrogens is 396 g/mol. The Bertz CT molecular complexity index is 915. The monoisotopic (exact) mass is 422 g/mol. The first-order valence-corrected chi connectivity index (χ1v) is 11.4. The highest BCUT2D eigenvalue weighted by Gasteiger charge is 2.24. The molecule has 5 nitrogen and oxygen atoms in total. The molecule has 152 valence electrons. The Labute approximate surface area is 172 Å². The number of amides is 1. The third kappa shape index (κ3) is 6.24. The second-order valence-electron chi connectivity index (χ2n) is 7.36. The van der Waals surface area contributed by atoms with Crippen molar-refractivity contribution >= 4 is 33.2 Å². The van der Waals surface area contributed by atoms with E-state index in [4.69, 9.17) is 11.6 Å². The van der Waals surface area contributed by atoms with Crippen molar-refractivity contribution in [3.05, 3.63) is 64.7 Å². The number of nitrogens with one attached hydrogen (secondary N) is 1. The van der Waals surface area contributed by atoms with Gasteiger partial charge in [-0.05, 0) is 48.6 Å². The van der Waals surface area contributed by atoms with Gasteiger partial charge >= 0.3 is 0 Å². The molecule has 0 fully saturated rings. The normalized spacial score (nSPS) is 12.6. The first-order valence-electron chi connectivity index (χ1n) is 9.16. The van der Waals surface area contributed by atoms with Crippen LogP contribution in [0, 0.1) is 12.8 Å². The molecule has 0 bridgehead atoms. The minimum atomic E-state index is -3.64. The van der Waals surface area contributed by atoms with Crippen LogP contribution in [0.25, 0.3) is 0 Å². The molecule has 0 saturated carbocycles. The summed E-state index contributed by atoms with van der Waals surface area (Å²) < 4.78 is 25.8. The molecule has 1 amide bonds. The summed E-state index contributed by atoms with van der Waals surface area (Å²) in [7, 11) is -3.64. The second kappa shape index (κ2) is 9.43. The Morgan fingerprint density at radius 2 is 1.79 bits per heavy atom. The van der Waals surface area contributed by atoms with E-state index >= 15 is 0 Å². The summed E-state index contributed by atoms with van der Waals surface area (Å²) in [6.07, 6.45) is 1.85. The predicted octanol–water partition coefficient (Wildman–Crippen LogP) is 4.32. The van der Waals surface area contributed by atoms with Gasteiger partial charge < -0.3 is 5.32 Å². The van der Waals surface area contributed by atoms with Crippen LogP contribution in [-0.4, -0.2) is 27.1 Å². The standard InChI is InChI=1S/C21H27ClN2O3S/c1-15(2)12-19(17-8-6-5-7-9-17)23-21(25)14-24(28(4,26)27)20-11-10-18(22)13-16(20)3/h5-11,13,15,19H,12,14H2,1-4H3,(H,23,25)/t19-/m0/s1. The van der Waals surface area contributed by atoms with Crippen LogP contribution in [0.3, 0.4) is 0 Å². The van der Waals surface area contributed by atoms with Crippen molar-refractivity contribution in [3.63, 3.8) is 0 Å². The van der Waals surface area contributed by atoms with Gasteiger partial charge in [-0.15, -0.1) is 0 Å². The van der Waals surface area contributed by atoms with E-state index in [0.29, 0.717) is 22.2 Å². The van der Waals surface area contributed by atoms with Gasteiger partial charge in [0.2, 0.25) is 15.9 Å². The highest BCUT2D eigenvalue weighted by molar-refractivity contribution is 7.92. The van der Waals surface area contributed by atoms with Crippen molar-refractivity contribution in [2.24, 2.45) is 5.92 Å². The number of rotatable bonds is 8. The van der Waals surface area contributed by atoms with Gasteiger partial charge in [-0.1, -0.05) is 55.8 Å². The van der Waals surface area contributed by atoms with Crippen molar-refractivity contribution in [1.82, 2.24) is 5.32 Å². The van der Waals surface area contributed by atoms with Gasteiger partial charge in [-0.2, -0.15) is 0 Å². The van der Waals surface area contributed by atoms with Gasteiger partial charge in [0.05, 0.1) is 18.0 Å². The fourth-order valence-corrected chi connectivity index (χ4v) is 4.23. The summed E-state index contributed by atoms with van der Waals surface area (Å²) in [5, 5.41) is 3.51. The van der Waals surface area contributed by atoms with Crippen molar-refractivity contribution in [1.29, 1.82) is 0 Å². The molecule has 28 heavy (non-hydrogen) atoms. The van der Waals surface area contributed by atoms with Crippen LogP contribution < -0.4 is 9.62 Å². The summed E-state index contributed by atoms with van der Waals surface area (Å²) >= 11 is 5.98. The van der Waals surface area contributed by atoms with E-state index in [9.17, 15) is 13.2 Å². The topological polar surface area (TPSA) is 66.5 Å². The Kier molecular flexibility index (Phi) is 7.49. The number of carbonyl (C=O) groups is 1. The molecule has 0 spiro atoms. The zero-order valence-corrected chi connectivity index (χ0v) is 18.2. The first kappa shape index (κ1) is 22.2. The fraction of sp³-hybridized carbons (Fsp3) is 0.381. The van der Waals surface area contributed by atoms with E-state index in [-0.39, 0.29) is 18.5 Å². The summed E-state index contributed by atoms with van der Waals surface area (Å²) in [6, 6.07) is 14.4. The van der Waals surface area contributed by atoms with E-state index < -0.39 is 10.0 Å². The zero-order chi connectivity index (χ0) is 20.9. The number of aryl methyl sites for hydroxylation is 1. The maximum atomic E-state index is 12.8. The molecule has 0 aliphatic carbocycles. The minimum Gasteiger partial charge on any atom is -0.348 e. The largest absolute Gasteiger partial charge is 0.348 e. The SMILES string of the molecule is Cc1cc(Cl)ccc1N(CC(=O)N[C@@H](CC(C)C)c1ccccc1)S(C)(=O)=O. The number of hydrogen-bond donors (Lipinski definition) is 1. The van der Waals surface area contributed by atoms with E-state index in [1.54, 1.807) is 25.1 Å².